The Morgan fingerprint density at radius 1 is 1.33 bits per heavy atom. The number of rotatable bonds is 4. The van der Waals surface area contributed by atoms with Crippen molar-refractivity contribution in [3.8, 4) is 0 Å². The quantitative estimate of drug-likeness (QED) is 0.441. The minimum atomic E-state index is -1.98. The molecular weight excluding hydrogens is 326 g/mol. The number of hydrogen-bond donors (Lipinski definition) is 0. The molecule has 1 amide bonds. The van der Waals surface area contributed by atoms with E-state index in [1.54, 1.807) is 0 Å². The molecule has 0 aromatic heterocycles. The summed E-state index contributed by atoms with van der Waals surface area (Å²) in [5.41, 5.74) is 0.303. The number of allylic oxidation sites excluding steroid dienone is 1. The highest BCUT2D eigenvalue weighted by atomic mass is 28.4. The summed E-state index contributed by atoms with van der Waals surface area (Å²) in [6, 6.07) is 0. The van der Waals surface area contributed by atoms with E-state index in [1.165, 1.54) is 17.2 Å². The Bertz CT molecular complexity index is 617. The van der Waals surface area contributed by atoms with E-state index in [0.29, 0.717) is 5.57 Å². The van der Waals surface area contributed by atoms with Crippen LogP contribution >= 0.6 is 0 Å². The summed E-state index contributed by atoms with van der Waals surface area (Å²) in [5.74, 6) is -1.07. The minimum Gasteiger partial charge on any atom is -0.414 e. The van der Waals surface area contributed by atoms with Gasteiger partial charge in [0.05, 0.1) is 13.0 Å². The molecule has 0 spiro atoms. The molecule has 0 aromatic rings. The number of nitrogens with zero attached hydrogens (tertiary/aromatic N) is 1. The van der Waals surface area contributed by atoms with Crippen LogP contribution in [0.3, 0.4) is 0 Å². The van der Waals surface area contributed by atoms with Gasteiger partial charge < -0.3 is 9.16 Å². The molecule has 0 unspecified atom stereocenters. The van der Waals surface area contributed by atoms with Gasteiger partial charge >= 0.3 is 0 Å². The SMILES string of the molecule is C=C1C(=O)[C@@H](N2C=CC(=O)CC2=O)O[C@H]1CO[Si](C)(C)C(C)(C)C. The van der Waals surface area contributed by atoms with Crippen molar-refractivity contribution >= 4 is 25.8 Å². The predicted molar refractivity (Wildman–Crippen MR) is 91.6 cm³/mol. The maximum absolute atomic E-state index is 12.4. The zero-order valence-corrected chi connectivity index (χ0v) is 15.9. The van der Waals surface area contributed by atoms with Crippen LogP contribution in [0.4, 0.5) is 0 Å². The molecule has 0 bridgehead atoms. The lowest BCUT2D eigenvalue weighted by atomic mass is 10.1. The number of ether oxygens (including phenoxy) is 1. The lowest BCUT2D eigenvalue weighted by Crippen LogP contribution is -2.44. The van der Waals surface area contributed by atoms with Crippen molar-refractivity contribution < 1.29 is 23.5 Å². The maximum atomic E-state index is 12.4. The van der Waals surface area contributed by atoms with Crippen LogP contribution in [0.5, 0.6) is 0 Å². The van der Waals surface area contributed by atoms with Crippen LogP contribution in [0, 0.1) is 0 Å². The zero-order valence-electron chi connectivity index (χ0n) is 14.9. The standard InChI is InChI=1S/C17H25NO5Si/c1-11-13(10-22-24(5,6)17(2,3)4)23-16(15(11)21)18-8-7-12(19)9-14(18)20/h7-8,13,16H,1,9-10H2,2-6H3/t13-,16-/m0/s1. The fraction of sp³-hybridized carbons (Fsp3) is 0.588. The number of carbonyl (C=O) groups excluding carboxylic acids is 3. The van der Waals surface area contributed by atoms with Crippen LogP contribution < -0.4 is 0 Å². The Morgan fingerprint density at radius 3 is 2.50 bits per heavy atom. The van der Waals surface area contributed by atoms with Gasteiger partial charge in [-0.25, -0.2) is 0 Å². The molecule has 2 aliphatic rings. The van der Waals surface area contributed by atoms with Crippen LogP contribution in [0.2, 0.25) is 18.1 Å². The molecule has 0 saturated carbocycles. The fourth-order valence-electron chi connectivity index (χ4n) is 2.20. The highest BCUT2D eigenvalue weighted by molar-refractivity contribution is 6.74. The molecule has 0 aromatic carbocycles. The van der Waals surface area contributed by atoms with Gasteiger partial charge in [0, 0.05) is 11.8 Å². The Balaban J connectivity index is 2.07. The van der Waals surface area contributed by atoms with E-state index in [4.69, 9.17) is 9.16 Å². The largest absolute Gasteiger partial charge is 0.414 e. The molecule has 2 rings (SSSR count). The summed E-state index contributed by atoms with van der Waals surface area (Å²) in [6.07, 6.45) is 0.709. The first-order chi connectivity index (χ1) is 10.9. The van der Waals surface area contributed by atoms with E-state index >= 15 is 0 Å². The summed E-state index contributed by atoms with van der Waals surface area (Å²) in [4.78, 5) is 36.8. The summed E-state index contributed by atoms with van der Waals surface area (Å²) < 4.78 is 11.8. The second-order valence-corrected chi connectivity index (χ2v) is 12.5. The zero-order chi connectivity index (χ0) is 18.3. The van der Waals surface area contributed by atoms with Crippen LogP contribution in [0.15, 0.2) is 24.4 Å². The van der Waals surface area contributed by atoms with Crippen LogP contribution in [0.1, 0.15) is 27.2 Å². The number of Topliss-reactive ketones (excluding diaryl/α,β-unsaturated/α-hetero) is 1. The highest BCUT2D eigenvalue weighted by Gasteiger charge is 2.45. The summed E-state index contributed by atoms with van der Waals surface area (Å²) >= 11 is 0. The summed E-state index contributed by atoms with van der Waals surface area (Å²) in [6.45, 7) is 14.7. The van der Waals surface area contributed by atoms with Crippen molar-refractivity contribution in [2.45, 2.75) is 57.7 Å². The van der Waals surface area contributed by atoms with Gasteiger partial charge in [-0.15, -0.1) is 0 Å². The molecule has 0 N–H and O–H groups in total. The smallest absolute Gasteiger partial charge is 0.236 e. The lowest BCUT2D eigenvalue weighted by Gasteiger charge is -2.37. The average molecular weight is 351 g/mol. The maximum Gasteiger partial charge on any atom is 0.236 e. The fourth-order valence-corrected chi connectivity index (χ4v) is 3.20. The molecule has 1 saturated heterocycles. The van der Waals surface area contributed by atoms with Crippen molar-refractivity contribution in [2.75, 3.05) is 6.61 Å². The third-order valence-electron chi connectivity index (χ3n) is 4.91. The first-order valence-corrected chi connectivity index (χ1v) is 10.9. The predicted octanol–water partition coefficient (Wildman–Crippen LogP) is 2.17. The number of carbonyl (C=O) groups is 3. The topological polar surface area (TPSA) is 72.9 Å². The van der Waals surface area contributed by atoms with E-state index in [2.05, 4.69) is 40.4 Å². The normalized spacial score (nSPS) is 25.8. The van der Waals surface area contributed by atoms with Crippen molar-refractivity contribution in [3.63, 3.8) is 0 Å². The first kappa shape index (κ1) is 18.8. The molecule has 132 valence electrons. The highest BCUT2D eigenvalue weighted by Crippen LogP contribution is 2.37. The van der Waals surface area contributed by atoms with Gasteiger partial charge in [-0.1, -0.05) is 27.4 Å². The van der Waals surface area contributed by atoms with E-state index in [1.807, 2.05) is 0 Å². The van der Waals surface area contributed by atoms with Gasteiger partial charge in [0.2, 0.25) is 17.9 Å². The van der Waals surface area contributed by atoms with E-state index in [9.17, 15) is 14.4 Å². The van der Waals surface area contributed by atoms with E-state index in [0.717, 1.165) is 0 Å². The molecule has 1 fully saturated rings. The second-order valence-electron chi connectivity index (χ2n) is 7.70. The Hall–Kier alpha value is -1.57. The molecule has 2 heterocycles. The third-order valence-corrected chi connectivity index (χ3v) is 9.41. The van der Waals surface area contributed by atoms with Crippen molar-refractivity contribution in [1.82, 2.24) is 4.90 Å². The molecular formula is C17H25NO5Si. The van der Waals surface area contributed by atoms with Gasteiger partial charge in [-0.2, -0.15) is 0 Å². The Kier molecular flexibility index (Phi) is 4.99. The minimum absolute atomic E-state index is 0.0439. The van der Waals surface area contributed by atoms with E-state index in [-0.39, 0.29) is 29.6 Å². The molecule has 0 radical (unpaired) electrons. The van der Waals surface area contributed by atoms with Gasteiger partial charge in [-0.05, 0) is 24.2 Å². The molecule has 0 aliphatic carbocycles. The second kappa shape index (κ2) is 6.38. The van der Waals surface area contributed by atoms with Crippen LogP contribution in [-0.2, 0) is 23.5 Å². The van der Waals surface area contributed by atoms with E-state index < -0.39 is 26.6 Å². The molecule has 24 heavy (non-hydrogen) atoms. The van der Waals surface area contributed by atoms with Gasteiger partial charge in [-0.3, -0.25) is 19.3 Å². The Morgan fingerprint density at radius 2 is 1.96 bits per heavy atom. The van der Waals surface area contributed by atoms with Gasteiger partial charge in [0.15, 0.2) is 14.1 Å². The van der Waals surface area contributed by atoms with Crippen LogP contribution in [0.25, 0.3) is 0 Å². The monoisotopic (exact) mass is 351 g/mol. The Labute approximate surface area is 143 Å². The summed E-state index contributed by atoms with van der Waals surface area (Å²) in [5, 5.41) is 0.0439. The van der Waals surface area contributed by atoms with Crippen molar-refractivity contribution in [3.05, 3.63) is 24.4 Å². The number of hydrogen-bond acceptors (Lipinski definition) is 5. The van der Waals surface area contributed by atoms with Crippen LogP contribution in [-0.4, -0.2) is 49.6 Å². The molecule has 7 heteroatoms. The average Bonchev–Trinajstić information content (AvgIpc) is 2.72. The lowest BCUT2D eigenvalue weighted by molar-refractivity contribution is -0.149. The number of amides is 1. The number of ketones is 2. The van der Waals surface area contributed by atoms with Crippen molar-refractivity contribution in [1.29, 1.82) is 0 Å². The van der Waals surface area contributed by atoms with Gasteiger partial charge in [0.1, 0.15) is 6.10 Å². The van der Waals surface area contributed by atoms with Crippen molar-refractivity contribution in [2.24, 2.45) is 0 Å². The molecule has 2 atom stereocenters. The first-order valence-electron chi connectivity index (χ1n) is 7.98. The third kappa shape index (κ3) is 3.58. The summed E-state index contributed by atoms with van der Waals surface area (Å²) in [7, 11) is -1.98. The molecule has 2 aliphatic heterocycles. The molecule has 6 nitrogen and oxygen atoms in total. The van der Waals surface area contributed by atoms with Gasteiger partial charge in [0.25, 0.3) is 0 Å².